The number of nitrogens with two attached hydrogens (primary N) is 1. The average Bonchev–Trinajstić information content (AvgIpc) is 2.52. The zero-order chi connectivity index (χ0) is 17.4. The van der Waals surface area contributed by atoms with E-state index < -0.39 is 6.04 Å². The number of hydrogen-bond acceptors (Lipinski definition) is 4. The smallest absolute Gasteiger partial charge is 0.239 e. The van der Waals surface area contributed by atoms with Crippen LogP contribution >= 0.6 is 24.2 Å². The van der Waals surface area contributed by atoms with Crippen LogP contribution in [0.3, 0.4) is 0 Å². The largest absolute Gasteiger partial charge is 0.348 e. The van der Waals surface area contributed by atoms with E-state index in [9.17, 15) is 9.59 Å². The summed E-state index contributed by atoms with van der Waals surface area (Å²) in [5.41, 5.74) is 6.76. The van der Waals surface area contributed by atoms with Crippen molar-refractivity contribution in [2.24, 2.45) is 11.7 Å². The van der Waals surface area contributed by atoms with Crippen molar-refractivity contribution in [1.29, 1.82) is 0 Å². The van der Waals surface area contributed by atoms with Crippen molar-refractivity contribution in [1.82, 2.24) is 10.6 Å². The molecule has 1 unspecified atom stereocenters. The predicted octanol–water partition coefficient (Wildman–Crippen LogP) is 2.50. The van der Waals surface area contributed by atoms with Crippen molar-refractivity contribution in [2.45, 2.75) is 44.7 Å². The minimum atomic E-state index is -0.594. The Kier molecular flexibility index (Phi) is 10.8. The second kappa shape index (κ2) is 11.3. The van der Waals surface area contributed by atoms with Gasteiger partial charge in [0.05, 0.1) is 18.6 Å². The Morgan fingerprint density at radius 1 is 1.17 bits per heavy atom. The van der Waals surface area contributed by atoms with Gasteiger partial charge in [-0.3, -0.25) is 9.59 Å². The first-order chi connectivity index (χ1) is 10.8. The molecular formula is C17H28ClN3O2S. The minimum absolute atomic E-state index is 0. The second-order valence-corrected chi connectivity index (χ2v) is 7.12. The fraction of sp³-hybridized carbons (Fsp3) is 0.529. The second-order valence-electron chi connectivity index (χ2n) is 5.78. The number of halogens is 1. The molecule has 0 bridgehead atoms. The summed E-state index contributed by atoms with van der Waals surface area (Å²) in [6, 6.07) is 7.42. The molecule has 0 aliphatic carbocycles. The summed E-state index contributed by atoms with van der Waals surface area (Å²) < 4.78 is 0. The Balaban J connectivity index is 0.00000529. The Hall–Kier alpha value is -1.24. The van der Waals surface area contributed by atoms with Gasteiger partial charge in [-0.15, -0.1) is 24.2 Å². The molecule has 24 heavy (non-hydrogen) atoms. The summed E-state index contributed by atoms with van der Waals surface area (Å²) in [6.07, 6.45) is 0. The lowest BCUT2D eigenvalue weighted by Crippen LogP contribution is -2.47. The van der Waals surface area contributed by atoms with Crippen molar-refractivity contribution < 1.29 is 9.59 Å². The first-order valence-corrected chi connectivity index (χ1v) is 8.89. The van der Waals surface area contributed by atoms with Crippen molar-refractivity contribution in [3.05, 3.63) is 29.8 Å². The number of thioether (sulfide) groups is 1. The topological polar surface area (TPSA) is 84.2 Å². The third-order valence-corrected chi connectivity index (χ3v) is 4.41. The maximum atomic E-state index is 11.9. The predicted molar refractivity (Wildman–Crippen MR) is 102 cm³/mol. The molecule has 1 aromatic rings. The molecule has 136 valence electrons. The van der Waals surface area contributed by atoms with E-state index in [0.717, 1.165) is 11.3 Å². The summed E-state index contributed by atoms with van der Waals surface area (Å²) >= 11 is 1.78. The number of hydrogen-bond donors (Lipinski definition) is 3. The first-order valence-electron chi connectivity index (χ1n) is 7.90. The average molecular weight is 374 g/mol. The standard InChI is InChI=1S/C17H27N3O2S.ClH/c1-5-23-14-8-6-13(7-9-14)12(4)20-15(21)10-19-17(22)16(18)11(2)3;/h6-9,11-12,16H,5,10,18H2,1-4H3,(H,19,22)(H,20,21);1H/t12?,16-;/m0./s1. The Bertz CT molecular complexity index is 523. The van der Waals surface area contributed by atoms with Gasteiger partial charge in [0.1, 0.15) is 0 Å². The van der Waals surface area contributed by atoms with E-state index >= 15 is 0 Å². The van der Waals surface area contributed by atoms with Gasteiger partial charge in [-0.2, -0.15) is 0 Å². The number of carbonyl (C=O) groups excluding carboxylic acids is 2. The van der Waals surface area contributed by atoms with Crippen LogP contribution in [-0.2, 0) is 9.59 Å². The van der Waals surface area contributed by atoms with Crippen LogP contribution in [0.15, 0.2) is 29.2 Å². The molecule has 0 fully saturated rings. The van der Waals surface area contributed by atoms with E-state index in [4.69, 9.17) is 5.73 Å². The molecule has 0 aliphatic heterocycles. The number of rotatable bonds is 8. The Morgan fingerprint density at radius 2 is 1.75 bits per heavy atom. The molecule has 0 radical (unpaired) electrons. The highest BCUT2D eigenvalue weighted by Crippen LogP contribution is 2.20. The summed E-state index contributed by atoms with van der Waals surface area (Å²) in [6.45, 7) is 7.70. The monoisotopic (exact) mass is 373 g/mol. The Morgan fingerprint density at radius 3 is 2.25 bits per heavy atom. The van der Waals surface area contributed by atoms with Crippen LogP contribution < -0.4 is 16.4 Å². The van der Waals surface area contributed by atoms with Crippen LogP contribution in [-0.4, -0.2) is 30.2 Å². The van der Waals surface area contributed by atoms with E-state index in [0.29, 0.717) is 0 Å². The van der Waals surface area contributed by atoms with Gasteiger partial charge in [-0.25, -0.2) is 0 Å². The molecule has 0 spiro atoms. The van der Waals surface area contributed by atoms with Crippen molar-refractivity contribution in [3.63, 3.8) is 0 Å². The zero-order valence-corrected chi connectivity index (χ0v) is 16.3. The lowest BCUT2D eigenvalue weighted by molar-refractivity contribution is -0.127. The lowest BCUT2D eigenvalue weighted by atomic mass is 10.1. The molecule has 0 heterocycles. The molecule has 0 aromatic heterocycles. The fourth-order valence-electron chi connectivity index (χ4n) is 1.98. The molecular weight excluding hydrogens is 346 g/mol. The van der Waals surface area contributed by atoms with Gasteiger partial charge in [0.15, 0.2) is 0 Å². The van der Waals surface area contributed by atoms with E-state index in [1.807, 2.05) is 32.9 Å². The van der Waals surface area contributed by atoms with Gasteiger partial charge in [0.25, 0.3) is 0 Å². The van der Waals surface area contributed by atoms with E-state index in [-0.39, 0.29) is 42.7 Å². The summed E-state index contributed by atoms with van der Waals surface area (Å²) in [4.78, 5) is 24.9. The van der Waals surface area contributed by atoms with Crippen LogP contribution in [0.1, 0.15) is 39.3 Å². The SMILES string of the molecule is CCSc1ccc(C(C)NC(=O)CNC(=O)[C@@H](N)C(C)C)cc1.Cl. The highest BCUT2D eigenvalue weighted by atomic mass is 35.5. The third-order valence-electron chi connectivity index (χ3n) is 3.51. The number of benzene rings is 1. The van der Waals surface area contributed by atoms with E-state index in [2.05, 4.69) is 29.7 Å². The summed E-state index contributed by atoms with van der Waals surface area (Å²) in [7, 11) is 0. The van der Waals surface area contributed by atoms with Crippen molar-refractivity contribution in [2.75, 3.05) is 12.3 Å². The van der Waals surface area contributed by atoms with Crippen molar-refractivity contribution in [3.8, 4) is 0 Å². The molecule has 0 saturated carbocycles. The van der Waals surface area contributed by atoms with Gasteiger partial charge in [0, 0.05) is 4.90 Å². The number of amides is 2. The molecule has 4 N–H and O–H groups in total. The minimum Gasteiger partial charge on any atom is -0.348 e. The van der Waals surface area contributed by atoms with E-state index in [1.54, 1.807) is 11.8 Å². The first kappa shape index (κ1) is 22.8. The molecule has 0 saturated heterocycles. The number of carbonyl (C=O) groups is 2. The molecule has 2 amide bonds. The third kappa shape index (κ3) is 7.55. The molecule has 5 nitrogen and oxygen atoms in total. The summed E-state index contributed by atoms with van der Waals surface area (Å²) in [5, 5.41) is 5.44. The quantitative estimate of drug-likeness (QED) is 0.611. The van der Waals surface area contributed by atoms with E-state index in [1.165, 1.54) is 4.90 Å². The number of nitrogens with one attached hydrogen (secondary N) is 2. The van der Waals surface area contributed by atoms with Crippen LogP contribution in [0, 0.1) is 5.92 Å². The van der Waals surface area contributed by atoms with Crippen molar-refractivity contribution >= 4 is 36.0 Å². The highest BCUT2D eigenvalue weighted by molar-refractivity contribution is 7.99. The lowest BCUT2D eigenvalue weighted by Gasteiger charge is -2.17. The Labute approximate surface area is 154 Å². The highest BCUT2D eigenvalue weighted by Gasteiger charge is 2.18. The molecule has 2 atom stereocenters. The maximum absolute atomic E-state index is 11.9. The molecule has 0 aliphatic rings. The van der Waals surface area contributed by atoms with Gasteiger partial charge < -0.3 is 16.4 Å². The van der Waals surface area contributed by atoms with Gasteiger partial charge in [0.2, 0.25) is 11.8 Å². The normalized spacial score (nSPS) is 12.9. The van der Waals surface area contributed by atoms with Crippen LogP contribution in [0.2, 0.25) is 0 Å². The zero-order valence-electron chi connectivity index (χ0n) is 14.7. The molecule has 1 rings (SSSR count). The van der Waals surface area contributed by atoms with Gasteiger partial charge in [-0.05, 0) is 36.3 Å². The van der Waals surface area contributed by atoms with Crippen LogP contribution in [0.25, 0.3) is 0 Å². The fourth-order valence-corrected chi connectivity index (χ4v) is 2.65. The van der Waals surface area contributed by atoms with Gasteiger partial charge >= 0.3 is 0 Å². The molecule has 1 aromatic carbocycles. The van der Waals surface area contributed by atoms with Crippen LogP contribution in [0.4, 0.5) is 0 Å². The summed E-state index contributed by atoms with van der Waals surface area (Å²) in [5.74, 6) is 0.540. The molecule has 7 heteroatoms. The maximum Gasteiger partial charge on any atom is 0.239 e. The van der Waals surface area contributed by atoms with Gasteiger partial charge in [-0.1, -0.05) is 32.9 Å². The van der Waals surface area contributed by atoms with Crippen LogP contribution in [0.5, 0.6) is 0 Å².